The molecule has 2 aromatic rings. The number of benzene rings is 2. The summed E-state index contributed by atoms with van der Waals surface area (Å²) in [5.74, 6) is 0.00706. The van der Waals surface area contributed by atoms with Crippen LogP contribution in [0.4, 0.5) is 5.69 Å². The molecular formula is C21H28N2O4S. The van der Waals surface area contributed by atoms with Crippen LogP contribution in [-0.2, 0) is 14.8 Å². The SMILES string of the molecule is CCN(CC)C(=O)CN(c1ccc(C)cc1)S(=O)(=O)c1ccc(C)cc1OC. The van der Waals surface area contributed by atoms with E-state index in [1.165, 1.54) is 13.2 Å². The van der Waals surface area contributed by atoms with Crippen LogP contribution < -0.4 is 9.04 Å². The first kappa shape index (κ1) is 21.8. The normalized spacial score (nSPS) is 11.2. The third-order valence-electron chi connectivity index (χ3n) is 4.60. The van der Waals surface area contributed by atoms with E-state index in [1.54, 1.807) is 29.2 Å². The molecule has 0 heterocycles. The number of anilines is 1. The van der Waals surface area contributed by atoms with Gasteiger partial charge in [0.05, 0.1) is 12.8 Å². The number of hydrogen-bond donors (Lipinski definition) is 0. The van der Waals surface area contributed by atoms with Gasteiger partial charge in [-0.1, -0.05) is 23.8 Å². The molecule has 2 rings (SSSR count). The number of aryl methyl sites for hydroxylation is 2. The highest BCUT2D eigenvalue weighted by Crippen LogP contribution is 2.31. The van der Waals surface area contributed by atoms with E-state index in [1.807, 2.05) is 39.8 Å². The smallest absolute Gasteiger partial charge is 0.268 e. The highest BCUT2D eigenvalue weighted by molar-refractivity contribution is 7.93. The number of sulfonamides is 1. The van der Waals surface area contributed by atoms with Crippen LogP contribution in [0.25, 0.3) is 0 Å². The molecule has 0 fully saturated rings. The Balaban J connectivity index is 2.57. The van der Waals surface area contributed by atoms with Crippen molar-refractivity contribution in [2.75, 3.05) is 31.0 Å². The number of nitrogens with zero attached hydrogens (tertiary/aromatic N) is 2. The molecule has 2 aromatic carbocycles. The Labute approximate surface area is 167 Å². The van der Waals surface area contributed by atoms with Gasteiger partial charge in [0.1, 0.15) is 17.2 Å². The molecule has 6 nitrogen and oxygen atoms in total. The van der Waals surface area contributed by atoms with Crippen molar-refractivity contribution in [3.63, 3.8) is 0 Å². The summed E-state index contributed by atoms with van der Waals surface area (Å²) in [4.78, 5) is 14.4. The molecule has 152 valence electrons. The molecule has 0 saturated carbocycles. The van der Waals surface area contributed by atoms with E-state index in [0.29, 0.717) is 18.8 Å². The average molecular weight is 405 g/mol. The number of methoxy groups -OCH3 is 1. The number of carbonyl (C=O) groups is 1. The average Bonchev–Trinajstić information content (AvgIpc) is 2.67. The van der Waals surface area contributed by atoms with Gasteiger partial charge in [0.15, 0.2) is 0 Å². The quantitative estimate of drug-likeness (QED) is 0.677. The van der Waals surface area contributed by atoms with Gasteiger partial charge in [0, 0.05) is 13.1 Å². The summed E-state index contributed by atoms with van der Waals surface area (Å²) in [6.07, 6.45) is 0. The van der Waals surface area contributed by atoms with E-state index in [0.717, 1.165) is 15.4 Å². The van der Waals surface area contributed by atoms with Gasteiger partial charge in [-0.15, -0.1) is 0 Å². The van der Waals surface area contributed by atoms with Gasteiger partial charge in [-0.25, -0.2) is 8.42 Å². The topological polar surface area (TPSA) is 66.9 Å². The Kier molecular flexibility index (Phi) is 7.07. The molecule has 0 atom stereocenters. The lowest BCUT2D eigenvalue weighted by atomic mass is 10.2. The summed E-state index contributed by atoms with van der Waals surface area (Å²) >= 11 is 0. The number of amides is 1. The maximum absolute atomic E-state index is 13.5. The van der Waals surface area contributed by atoms with Crippen LogP contribution in [0.1, 0.15) is 25.0 Å². The summed E-state index contributed by atoms with van der Waals surface area (Å²) in [7, 11) is -2.58. The molecule has 0 N–H and O–H groups in total. The van der Waals surface area contributed by atoms with Gasteiger partial charge in [-0.3, -0.25) is 9.10 Å². The van der Waals surface area contributed by atoms with Gasteiger partial charge < -0.3 is 9.64 Å². The number of ether oxygens (including phenoxy) is 1. The Morgan fingerprint density at radius 1 is 0.964 bits per heavy atom. The van der Waals surface area contributed by atoms with Crippen LogP contribution in [0, 0.1) is 13.8 Å². The highest BCUT2D eigenvalue weighted by Gasteiger charge is 2.31. The Bertz CT molecular complexity index is 920. The first-order chi connectivity index (χ1) is 13.2. The van der Waals surface area contributed by atoms with Crippen molar-refractivity contribution in [1.29, 1.82) is 0 Å². The fourth-order valence-corrected chi connectivity index (χ4v) is 4.49. The van der Waals surface area contributed by atoms with Gasteiger partial charge in [-0.2, -0.15) is 0 Å². The maximum atomic E-state index is 13.5. The van der Waals surface area contributed by atoms with Crippen molar-refractivity contribution in [2.24, 2.45) is 0 Å². The van der Waals surface area contributed by atoms with Crippen LogP contribution >= 0.6 is 0 Å². The molecule has 7 heteroatoms. The second-order valence-electron chi connectivity index (χ2n) is 6.57. The standard InChI is InChI=1S/C21H28N2O4S/c1-6-22(7-2)21(24)15-23(18-11-8-16(3)9-12-18)28(25,26)20-13-10-17(4)14-19(20)27-5/h8-14H,6-7,15H2,1-5H3. The molecular weight excluding hydrogens is 376 g/mol. The molecule has 0 radical (unpaired) electrons. The summed E-state index contributed by atoms with van der Waals surface area (Å²) in [5, 5.41) is 0. The van der Waals surface area contributed by atoms with Crippen molar-refractivity contribution in [2.45, 2.75) is 32.6 Å². The van der Waals surface area contributed by atoms with E-state index in [9.17, 15) is 13.2 Å². The zero-order valence-corrected chi connectivity index (χ0v) is 17.9. The largest absolute Gasteiger partial charge is 0.495 e. The van der Waals surface area contributed by atoms with Gasteiger partial charge in [0.2, 0.25) is 5.91 Å². The highest BCUT2D eigenvalue weighted by atomic mass is 32.2. The van der Waals surface area contributed by atoms with Crippen LogP contribution in [-0.4, -0.2) is 46.0 Å². The molecule has 0 unspecified atom stereocenters. The number of likely N-dealkylation sites (N-methyl/N-ethyl adjacent to an activating group) is 1. The summed E-state index contributed by atoms with van der Waals surface area (Å²) in [5.41, 5.74) is 2.33. The molecule has 0 aromatic heterocycles. The molecule has 0 aliphatic rings. The summed E-state index contributed by atoms with van der Waals surface area (Å²) in [6, 6.07) is 12.0. The number of hydrogen-bond acceptors (Lipinski definition) is 4. The molecule has 0 spiro atoms. The van der Waals surface area contributed by atoms with Crippen LogP contribution in [0.5, 0.6) is 5.75 Å². The first-order valence-electron chi connectivity index (χ1n) is 9.26. The molecule has 1 amide bonds. The van der Waals surface area contributed by atoms with Crippen LogP contribution in [0.2, 0.25) is 0 Å². The lowest BCUT2D eigenvalue weighted by Gasteiger charge is -2.28. The Morgan fingerprint density at radius 2 is 1.54 bits per heavy atom. The fourth-order valence-electron chi connectivity index (χ4n) is 2.93. The Morgan fingerprint density at radius 3 is 2.07 bits per heavy atom. The predicted octanol–water partition coefficient (Wildman–Crippen LogP) is 3.38. The van der Waals surface area contributed by atoms with Crippen molar-refractivity contribution in [1.82, 2.24) is 4.90 Å². The van der Waals surface area contributed by atoms with Crippen molar-refractivity contribution >= 4 is 21.6 Å². The van der Waals surface area contributed by atoms with Gasteiger partial charge in [-0.05, 0) is 57.5 Å². The predicted molar refractivity (Wildman–Crippen MR) is 111 cm³/mol. The van der Waals surface area contributed by atoms with Crippen molar-refractivity contribution in [3.05, 3.63) is 53.6 Å². The molecule has 0 aliphatic carbocycles. The second kappa shape index (κ2) is 9.10. The van der Waals surface area contributed by atoms with Crippen molar-refractivity contribution in [3.8, 4) is 5.75 Å². The van der Waals surface area contributed by atoms with E-state index in [4.69, 9.17) is 4.74 Å². The zero-order chi connectivity index (χ0) is 20.9. The van der Waals surface area contributed by atoms with Crippen LogP contribution in [0.15, 0.2) is 47.4 Å². The third-order valence-corrected chi connectivity index (χ3v) is 6.42. The van der Waals surface area contributed by atoms with Gasteiger partial charge >= 0.3 is 0 Å². The molecule has 0 saturated heterocycles. The third kappa shape index (κ3) is 4.65. The minimum Gasteiger partial charge on any atom is -0.495 e. The van der Waals surface area contributed by atoms with Crippen molar-refractivity contribution < 1.29 is 17.9 Å². The van der Waals surface area contributed by atoms with Crippen LogP contribution in [0.3, 0.4) is 0 Å². The Hall–Kier alpha value is -2.54. The first-order valence-corrected chi connectivity index (χ1v) is 10.7. The van der Waals surface area contributed by atoms with E-state index < -0.39 is 10.0 Å². The zero-order valence-electron chi connectivity index (χ0n) is 17.1. The monoisotopic (exact) mass is 404 g/mol. The fraction of sp³-hybridized carbons (Fsp3) is 0.381. The van der Waals surface area contributed by atoms with E-state index >= 15 is 0 Å². The van der Waals surface area contributed by atoms with E-state index in [2.05, 4.69) is 0 Å². The second-order valence-corrected chi connectivity index (χ2v) is 8.40. The lowest BCUT2D eigenvalue weighted by Crippen LogP contribution is -2.43. The summed E-state index contributed by atoms with van der Waals surface area (Å²) in [6.45, 7) is 8.29. The molecule has 0 aliphatic heterocycles. The minimum absolute atomic E-state index is 0.0357. The minimum atomic E-state index is -4.01. The molecule has 0 bridgehead atoms. The maximum Gasteiger partial charge on any atom is 0.268 e. The lowest BCUT2D eigenvalue weighted by molar-refractivity contribution is -0.129. The molecule has 28 heavy (non-hydrogen) atoms. The van der Waals surface area contributed by atoms with E-state index in [-0.39, 0.29) is 23.1 Å². The number of rotatable bonds is 8. The summed E-state index contributed by atoms with van der Waals surface area (Å²) < 4.78 is 33.5. The number of carbonyl (C=O) groups excluding carboxylic acids is 1. The van der Waals surface area contributed by atoms with Gasteiger partial charge in [0.25, 0.3) is 10.0 Å².